The maximum atomic E-state index is 9.41. The van der Waals surface area contributed by atoms with Gasteiger partial charge in [-0.15, -0.1) is 0 Å². The first-order chi connectivity index (χ1) is 14.5. The summed E-state index contributed by atoms with van der Waals surface area (Å²) in [7, 11) is 0. The maximum Gasteiger partial charge on any atom is 0.152 e. The number of fused-ring (bicyclic) bond motifs is 3. The lowest BCUT2D eigenvalue weighted by atomic mass is 10.0. The van der Waals surface area contributed by atoms with Crippen LogP contribution in [0.3, 0.4) is 0 Å². The van der Waals surface area contributed by atoms with Crippen molar-refractivity contribution in [1.82, 2.24) is 19.5 Å². The normalized spacial score (nSPS) is 11.8. The van der Waals surface area contributed by atoms with Gasteiger partial charge in [0.15, 0.2) is 5.82 Å². The molecule has 0 aliphatic rings. The first-order valence-corrected chi connectivity index (χ1v) is 10.2. The second-order valence-corrected chi connectivity index (χ2v) is 7.84. The van der Waals surface area contributed by atoms with Crippen molar-refractivity contribution < 1.29 is 9.84 Å². The largest absolute Gasteiger partial charge is 0.392 e. The van der Waals surface area contributed by atoms with Gasteiger partial charge in [-0.2, -0.15) is 0 Å². The number of anilines is 1. The van der Waals surface area contributed by atoms with Crippen molar-refractivity contribution in [1.29, 1.82) is 0 Å². The van der Waals surface area contributed by atoms with Gasteiger partial charge >= 0.3 is 0 Å². The smallest absolute Gasteiger partial charge is 0.152 e. The van der Waals surface area contributed by atoms with Crippen LogP contribution in [0, 0.1) is 5.92 Å². The number of hydrogen-bond acceptors (Lipinski definition) is 6. The summed E-state index contributed by atoms with van der Waals surface area (Å²) in [6, 6.07) is 8.05. The Hall–Kier alpha value is -3.03. The van der Waals surface area contributed by atoms with Gasteiger partial charge in [-0.3, -0.25) is 4.98 Å². The van der Waals surface area contributed by atoms with Crippen LogP contribution in [0.15, 0.2) is 36.7 Å². The molecule has 0 unspecified atom stereocenters. The molecule has 0 saturated heterocycles. The van der Waals surface area contributed by atoms with Gasteiger partial charge in [-0.1, -0.05) is 26.0 Å². The summed E-state index contributed by atoms with van der Waals surface area (Å²) in [5.41, 5.74) is 11.5. The van der Waals surface area contributed by atoms with Gasteiger partial charge in [0.25, 0.3) is 0 Å². The molecule has 0 saturated carbocycles. The van der Waals surface area contributed by atoms with Gasteiger partial charge in [0.1, 0.15) is 17.9 Å². The molecule has 0 fully saturated rings. The lowest BCUT2D eigenvalue weighted by Gasteiger charge is -2.13. The third-order valence-corrected chi connectivity index (χ3v) is 5.08. The zero-order valence-electron chi connectivity index (χ0n) is 17.6. The third kappa shape index (κ3) is 3.74. The minimum absolute atomic E-state index is 0.0444. The summed E-state index contributed by atoms with van der Waals surface area (Å²) in [6.45, 7) is 8.19. The molecule has 3 N–H and O–H groups in total. The molecule has 0 aliphatic carbocycles. The van der Waals surface area contributed by atoms with Gasteiger partial charge in [0.2, 0.25) is 0 Å². The molecule has 0 atom stereocenters. The molecule has 3 heterocycles. The summed E-state index contributed by atoms with van der Waals surface area (Å²) in [4.78, 5) is 13.6. The summed E-state index contributed by atoms with van der Waals surface area (Å²) >= 11 is 0. The number of aliphatic hydroxyl groups excluding tert-OH is 1. The van der Waals surface area contributed by atoms with Crippen LogP contribution >= 0.6 is 0 Å². The molecule has 7 heteroatoms. The Balaban J connectivity index is 1.92. The van der Waals surface area contributed by atoms with Crippen LogP contribution < -0.4 is 5.73 Å². The molecule has 4 aromatic rings. The van der Waals surface area contributed by atoms with Crippen LogP contribution in [0.2, 0.25) is 0 Å². The molecule has 30 heavy (non-hydrogen) atoms. The van der Waals surface area contributed by atoms with Crippen LogP contribution in [0.4, 0.5) is 5.82 Å². The Morgan fingerprint density at radius 3 is 2.70 bits per heavy atom. The number of nitrogen functional groups attached to an aromatic ring is 1. The molecule has 0 bridgehead atoms. The molecule has 1 aromatic carbocycles. The molecule has 7 nitrogen and oxygen atoms in total. The van der Waals surface area contributed by atoms with E-state index in [1.165, 1.54) is 0 Å². The van der Waals surface area contributed by atoms with Crippen molar-refractivity contribution in [3.8, 4) is 11.1 Å². The van der Waals surface area contributed by atoms with Gasteiger partial charge in [-0.05, 0) is 36.1 Å². The molecule has 0 radical (unpaired) electrons. The molecule has 0 aliphatic heterocycles. The Labute approximate surface area is 175 Å². The highest BCUT2D eigenvalue weighted by molar-refractivity contribution is 6.07. The number of nitrogens with two attached hydrogens (primary N) is 1. The van der Waals surface area contributed by atoms with E-state index in [1.54, 1.807) is 12.4 Å². The van der Waals surface area contributed by atoms with E-state index in [0.717, 1.165) is 51.0 Å². The fourth-order valence-electron chi connectivity index (χ4n) is 3.73. The molecule has 156 valence electrons. The van der Waals surface area contributed by atoms with E-state index in [1.807, 2.05) is 25.1 Å². The summed E-state index contributed by atoms with van der Waals surface area (Å²) in [5, 5.41) is 10.4. The van der Waals surface area contributed by atoms with Crippen molar-refractivity contribution in [2.24, 2.45) is 5.92 Å². The van der Waals surface area contributed by atoms with Gasteiger partial charge in [0.05, 0.1) is 17.6 Å². The Bertz CT molecular complexity index is 1200. The molecular weight excluding hydrogens is 378 g/mol. The number of imidazole rings is 1. The van der Waals surface area contributed by atoms with E-state index in [2.05, 4.69) is 34.4 Å². The van der Waals surface area contributed by atoms with Crippen LogP contribution in [0.5, 0.6) is 0 Å². The minimum Gasteiger partial charge on any atom is -0.392 e. The van der Waals surface area contributed by atoms with Crippen molar-refractivity contribution in [3.63, 3.8) is 0 Å². The number of aliphatic hydroxyl groups is 1. The van der Waals surface area contributed by atoms with E-state index in [4.69, 9.17) is 15.5 Å². The summed E-state index contributed by atoms with van der Waals surface area (Å²) in [5.74, 6) is 1.72. The lowest BCUT2D eigenvalue weighted by molar-refractivity contribution is 0.125. The van der Waals surface area contributed by atoms with E-state index in [9.17, 15) is 5.11 Å². The zero-order valence-corrected chi connectivity index (χ0v) is 17.6. The number of rotatable bonds is 7. The first-order valence-electron chi connectivity index (χ1n) is 10.2. The maximum absolute atomic E-state index is 9.41. The first kappa shape index (κ1) is 20.3. The summed E-state index contributed by atoms with van der Waals surface area (Å²) in [6.07, 6.45) is 3.44. The number of aromatic nitrogens is 4. The van der Waals surface area contributed by atoms with Crippen LogP contribution in [0.1, 0.15) is 32.2 Å². The molecule has 4 rings (SSSR count). The number of pyridine rings is 2. The quantitative estimate of drug-likeness (QED) is 0.484. The third-order valence-electron chi connectivity index (χ3n) is 5.08. The molecule has 3 aromatic heterocycles. The van der Waals surface area contributed by atoms with Crippen LogP contribution in [0.25, 0.3) is 33.1 Å². The van der Waals surface area contributed by atoms with E-state index in [0.29, 0.717) is 24.9 Å². The highest BCUT2D eigenvalue weighted by Crippen LogP contribution is 2.32. The average molecular weight is 406 g/mol. The van der Waals surface area contributed by atoms with Crippen molar-refractivity contribution in [2.75, 3.05) is 12.3 Å². The summed E-state index contributed by atoms with van der Waals surface area (Å²) < 4.78 is 7.86. The molecule has 0 spiro atoms. The monoisotopic (exact) mass is 405 g/mol. The van der Waals surface area contributed by atoms with Gasteiger partial charge in [0, 0.05) is 36.5 Å². The number of ether oxygens (including phenoxy) is 1. The standard InChI is InChI=1S/C23H27N5O2/c1-4-30-13-20-27-21-22(28(20)11-14(2)3)18-6-5-16(8-19(18)26-23(21)24)17-7-15(12-29)9-25-10-17/h5-10,14,29H,4,11-13H2,1-3H3,(H2,24,26). The SMILES string of the molecule is CCOCc1nc2c(N)nc3cc(-c4cncc(CO)c4)ccc3c2n1CC(C)C. The lowest BCUT2D eigenvalue weighted by Crippen LogP contribution is -2.10. The van der Waals surface area contributed by atoms with E-state index >= 15 is 0 Å². The van der Waals surface area contributed by atoms with Gasteiger partial charge in [-0.25, -0.2) is 9.97 Å². The Morgan fingerprint density at radius 2 is 1.97 bits per heavy atom. The average Bonchev–Trinajstić information content (AvgIpc) is 3.10. The fourth-order valence-corrected chi connectivity index (χ4v) is 3.73. The topological polar surface area (TPSA) is 99.1 Å². The number of hydrogen-bond donors (Lipinski definition) is 2. The predicted molar refractivity (Wildman–Crippen MR) is 119 cm³/mol. The number of nitrogens with zero attached hydrogens (tertiary/aromatic N) is 4. The van der Waals surface area contributed by atoms with E-state index < -0.39 is 0 Å². The Morgan fingerprint density at radius 1 is 1.13 bits per heavy atom. The van der Waals surface area contributed by atoms with Crippen LogP contribution in [-0.2, 0) is 24.5 Å². The molecule has 0 amide bonds. The van der Waals surface area contributed by atoms with Gasteiger partial charge < -0.3 is 20.1 Å². The zero-order chi connectivity index (χ0) is 21.3. The van der Waals surface area contributed by atoms with Crippen molar-refractivity contribution in [3.05, 3.63) is 48.0 Å². The second-order valence-electron chi connectivity index (χ2n) is 7.84. The highest BCUT2D eigenvalue weighted by Gasteiger charge is 2.18. The van der Waals surface area contributed by atoms with Crippen molar-refractivity contribution in [2.45, 2.75) is 40.5 Å². The second kappa shape index (κ2) is 8.38. The number of benzene rings is 1. The van der Waals surface area contributed by atoms with Crippen molar-refractivity contribution >= 4 is 27.8 Å². The minimum atomic E-state index is -0.0444. The van der Waals surface area contributed by atoms with E-state index in [-0.39, 0.29) is 6.61 Å². The highest BCUT2D eigenvalue weighted by atomic mass is 16.5. The fraction of sp³-hybridized carbons (Fsp3) is 0.348. The predicted octanol–water partition coefficient (Wildman–Crippen LogP) is 3.91. The van der Waals surface area contributed by atoms with Crippen LogP contribution in [-0.4, -0.2) is 31.2 Å². The molecular formula is C23H27N5O2. The Kier molecular flexibility index (Phi) is 5.65.